The number of sulfonamides is 1. The van der Waals surface area contributed by atoms with Crippen molar-refractivity contribution in [2.45, 2.75) is 26.2 Å². The molecule has 2 N–H and O–H groups in total. The molecule has 0 aliphatic carbocycles. The van der Waals surface area contributed by atoms with Crippen LogP contribution in [0.15, 0.2) is 24.3 Å². The third-order valence-corrected chi connectivity index (χ3v) is 3.56. The molecule has 0 unspecified atom stereocenters. The summed E-state index contributed by atoms with van der Waals surface area (Å²) in [5.74, 6) is 0.238. The molecule has 5 heteroatoms. The molecule has 1 rings (SSSR count). The summed E-state index contributed by atoms with van der Waals surface area (Å²) in [7, 11) is -3.29. The Hall–Kier alpha value is -0.910. The lowest BCUT2D eigenvalue weighted by molar-refractivity contribution is 0.282. The molecule has 0 saturated heterocycles. The van der Waals surface area contributed by atoms with Crippen LogP contribution in [0.3, 0.4) is 0 Å². The molecule has 0 spiro atoms. The summed E-state index contributed by atoms with van der Waals surface area (Å²) in [6, 6.07) is 6.96. The number of aliphatic hydroxyl groups excluding tert-OH is 1. The van der Waals surface area contributed by atoms with Crippen LogP contribution >= 0.6 is 0 Å². The number of benzene rings is 1. The van der Waals surface area contributed by atoms with Gasteiger partial charge in [0.15, 0.2) is 0 Å². The van der Waals surface area contributed by atoms with E-state index in [0.717, 1.165) is 5.56 Å². The normalized spacial score (nSPS) is 12.0. The minimum atomic E-state index is -3.29. The van der Waals surface area contributed by atoms with Crippen LogP contribution in [0.4, 0.5) is 0 Å². The van der Waals surface area contributed by atoms with E-state index in [1.54, 1.807) is 24.3 Å². The molecule has 0 atom stereocenters. The van der Waals surface area contributed by atoms with Crippen LogP contribution < -0.4 is 4.72 Å². The Morgan fingerprint density at radius 2 is 1.94 bits per heavy atom. The van der Waals surface area contributed by atoms with E-state index in [9.17, 15) is 8.42 Å². The second-order valence-electron chi connectivity index (χ2n) is 4.48. The molecule has 0 aliphatic heterocycles. The topological polar surface area (TPSA) is 66.4 Å². The van der Waals surface area contributed by atoms with Crippen LogP contribution in [0.5, 0.6) is 0 Å². The van der Waals surface area contributed by atoms with Gasteiger partial charge >= 0.3 is 0 Å². The summed E-state index contributed by atoms with van der Waals surface area (Å²) < 4.78 is 26.0. The monoisotopic (exact) mass is 257 g/mol. The fraction of sp³-hybridized carbons (Fsp3) is 0.500. The highest BCUT2D eigenvalue weighted by Crippen LogP contribution is 2.08. The zero-order valence-corrected chi connectivity index (χ0v) is 11.0. The van der Waals surface area contributed by atoms with Crippen molar-refractivity contribution >= 4 is 10.0 Å². The lowest BCUT2D eigenvalue weighted by Crippen LogP contribution is -2.28. The minimum Gasteiger partial charge on any atom is -0.392 e. The highest BCUT2D eigenvalue weighted by molar-refractivity contribution is 7.88. The number of hydrogen-bond donors (Lipinski definition) is 2. The van der Waals surface area contributed by atoms with Crippen LogP contribution in [0, 0.1) is 5.92 Å². The average molecular weight is 257 g/mol. The molecule has 1 aromatic rings. The number of nitrogens with one attached hydrogen (secondary N) is 1. The molecule has 0 aliphatic rings. The van der Waals surface area contributed by atoms with Gasteiger partial charge in [0.2, 0.25) is 10.0 Å². The predicted octanol–water partition coefficient (Wildman–Crippen LogP) is 1.25. The van der Waals surface area contributed by atoms with Gasteiger partial charge < -0.3 is 5.11 Å². The largest absolute Gasteiger partial charge is 0.392 e. The summed E-state index contributed by atoms with van der Waals surface area (Å²) in [5, 5.41) is 8.97. The van der Waals surface area contributed by atoms with Crippen molar-refractivity contribution in [1.82, 2.24) is 4.72 Å². The van der Waals surface area contributed by atoms with Gasteiger partial charge in [0.05, 0.1) is 12.4 Å². The maximum atomic E-state index is 11.7. The zero-order valence-electron chi connectivity index (χ0n) is 10.2. The van der Waals surface area contributed by atoms with Gasteiger partial charge in [-0.25, -0.2) is 13.1 Å². The van der Waals surface area contributed by atoms with Crippen molar-refractivity contribution in [3.8, 4) is 0 Å². The van der Waals surface area contributed by atoms with E-state index in [1.165, 1.54) is 0 Å². The molecule has 17 heavy (non-hydrogen) atoms. The molecule has 96 valence electrons. The van der Waals surface area contributed by atoms with Crippen LogP contribution in [-0.4, -0.2) is 20.1 Å². The summed E-state index contributed by atoms with van der Waals surface area (Å²) in [6.45, 7) is 4.28. The molecule has 0 saturated carbocycles. The third-order valence-electron chi connectivity index (χ3n) is 2.24. The van der Waals surface area contributed by atoms with Crippen molar-refractivity contribution in [3.63, 3.8) is 0 Å². The van der Waals surface area contributed by atoms with Gasteiger partial charge in [-0.1, -0.05) is 38.1 Å². The molecule has 0 bridgehead atoms. The Kier molecular flexibility index (Phi) is 5.11. The maximum Gasteiger partial charge on any atom is 0.215 e. The SMILES string of the molecule is CC(C)CNS(=O)(=O)Cc1cccc(CO)c1. The number of rotatable bonds is 6. The summed E-state index contributed by atoms with van der Waals surface area (Å²) in [5.41, 5.74) is 1.41. The van der Waals surface area contributed by atoms with Gasteiger partial charge in [-0.15, -0.1) is 0 Å². The first-order valence-electron chi connectivity index (χ1n) is 5.59. The first-order valence-corrected chi connectivity index (χ1v) is 7.24. The van der Waals surface area contributed by atoms with E-state index in [2.05, 4.69) is 4.72 Å². The third kappa shape index (κ3) is 5.30. The summed E-state index contributed by atoms with van der Waals surface area (Å²) >= 11 is 0. The molecule has 0 fully saturated rings. The highest BCUT2D eigenvalue weighted by Gasteiger charge is 2.11. The first-order chi connectivity index (χ1) is 7.93. The van der Waals surface area contributed by atoms with E-state index in [1.807, 2.05) is 13.8 Å². The van der Waals surface area contributed by atoms with Crippen molar-refractivity contribution in [2.24, 2.45) is 5.92 Å². The predicted molar refractivity (Wildman–Crippen MR) is 67.8 cm³/mol. The Labute approximate surface area is 103 Å². The number of aliphatic hydroxyl groups is 1. The van der Waals surface area contributed by atoms with Gasteiger partial charge in [0.1, 0.15) is 0 Å². The Balaban J connectivity index is 2.69. The zero-order chi connectivity index (χ0) is 12.9. The van der Waals surface area contributed by atoms with Gasteiger partial charge in [-0.2, -0.15) is 0 Å². The molecule has 0 aromatic heterocycles. The Morgan fingerprint density at radius 3 is 2.53 bits per heavy atom. The summed E-state index contributed by atoms with van der Waals surface area (Å²) in [6.07, 6.45) is 0. The molecule has 0 radical (unpaired) electrons. The smallest absolute Gasteiger partial charge is 0.215 e. The Bertz CT molecular complexity index is 455. The van der Waals surface area contributed by atoms with E-state index >= 15 is 0 Å². The first kappa shape index (κ1) is 14.2. The van der Waals surface area contributed by atoms with E-state index in [0.29, 0.717) is 12.1 Å². The quantitative estimate of drug-likeness (QED) is 0.806. The van der Waals surface area contributed by atoms with E-state index in [-0.39, 0.29) is 18.3 Å². The maximum absolute atomic E-state index is 11.7. The van der Waals surface area contributed by atoms with Crippen molar-refractivity contribution in [3.05, 3.63) is 35.4 Å². The van der Waals surface area contributed by atoms with Crippen molar-refractivity contribution in [2.75, 3.05) is 6.54 Å². The van der Waals surface area contributed by atoms with Crippen LogP contribution in [0.1, 0.15) is 25.0 Å². The van der Waals surface area contributed by atoms with E-state index < -0.39 is 10.0 Å². The molecular formula is C12H19NO3S. The molecule has 1 aromatic carbocycles. The van der Waals surface area contributed by atoms with Gasteiger partial charge in [0, 0.05) is 6.54 Å². The number of hydrogen-bond acceptors (Lipinski definition) is 3. The molecule has 0 heterocycles. The Morgan fingerprint density at radius 1 is 1.29 bits per heavy atom. The van der Waals surface area contributed by atoms with Crippen molar-refractivity contribution < 1.29 is 13.5 Å². The lowest BCUT2D eigenvalue weighted by Gasteiger charge is -2.09. The highest BCUT2D eigenvalue weighted by atomic mass is 32.2. The fourth-order valence-corrected chi connectivity index (χ4v) is 2.69. The second-order valence-corrected chi connectivity index (χ2v) is 6.29. The van der Waals surface area contributed by atoms with Crippen molar-refractivity contribution in [1.29, 1.82) is 0 Å². The minimum absolute atomic E-state index is 0.0481. The van der Waals surface area contributed by atoms with Gasteiger partial charge in [-0.05, 0) is 17.0 Å². The van der Waals surface area contributed by atoms with Crippen LogP contribution in [0.2, 0.25) is 0 Å². The molecule has 4 nitrogen and oxygen atoms in total. The fourth-order valence-electron chi connectivity index (χ4n) is 1.38. The summed E-state index contributed by atoms with van der Waals surface area (Å²) in [4.78, 5) is 0. The average Bonchev–Trinajstić information content (AvgIpc) is 2.26. The second kappa shape index (κ2) is 6.14. The van der Waals surface area contributed by atoms with Gasteiger partial charge in [-0.3, -0.25) is 0 Å². The molecule has 0 amide bonds. The standard InChI is InChI=1S/C12H19NO3S/c1-10(2)7-13-17(15,16)9-12-5-3-4-11(6-12)8-14/h3-6,10,13-14H,7-9H2,1-2H3. The lowest BCUT2D eigenvalue weighted by atomic mass is 10.1. The van der Waals surface area contributed by atoms with Gasteiger partial charge in [0.25, 0.3) is 0 Å². The van der Waals surface area contributed by atoms with Crippen LogP contribution in [-0.2, 0) is 22.4 Å². The molecular weight excluding hydrogens is 238 g/mol. The van der Waals surface area contributed by atoms with E-state index in [4.69, 9.17) is 5.11 Å². The van der Waals surface area contributed by atoms with Crippen LogP contribution in [0.25, 0.3) is 0 Å².